The Hall–Kier alpha value is -3.93. The second-order valence-electron chi connectivity index (χ2n) is 6.37. The van der Waals surface area contributed by atoms with Gasteiger partial charge in [0.25, 0.3) is 0 Å². The second kappa shape index (κ2) is 7.98. The van der Waals surface area contributed by atoms with Gasteiger partial charge >= 0.3 is 0 Å². The van der Waals surface area contributed by atoms with E-state index in [1.54, 1.807) is 54.2 Å². The molecule has 0 bridgehead atoms. The fourth-order valence-corrected chi connectivity index (χ4v) is 3.05. The van der Waals surface area contributed by atoms with E-state index in [2.05, 4.69) is 4.98 Å². The topological polar surface area (TPSA) is 74.3 Å². The molecule has 6 heteroatoms. The molecule has 0 amide bonds. The molecule has 29 heavy (non-hydrogen) atoms. The first-order valence-electron chi connectivity index (χ1n) is 9.04. The molecule has 0 spiro atoms. The zero-order valence-corrected chi connectivity index (χ0v) is 15.7. The first-order valence-corrected chi connectivity index (χ1v) is 9.04. The predicted octanol–water partition coefficient (Wildman–Crippen LogP) is 4.42. The number of carbonyl (C=O) groups excluding carboxylic acids is 2. The number of Topliss-reactive ketones (excluding diaryl/α,β-unsaturated/α-hetero) is 1. The average Bonchev–Trinajstić information content (AvgIpc) is 3.40. The van der Waals surface area contributed by atoms with Gasteiger partial charge in [0, 0.05) is 5.56 Å². The fraction of sp³-hybridized carbons (Fsp3) is 0.0870. The van der Waals surface area contributed by atoms with Crippen LogP contribution in [0.4, 0.5) is 0 Å². The van der Waals surface area contributed by atoms with Gasteiger partial charge in [0.2, 0.25) is 5.78 Å². The lowest BCUT2D eigenvalue weighted by atomic mass is 10.1. The molecule has 0 aliphatic rings. The number of ether oxygens (including phenoxy) is 1. The van der Waals surface area contributed by atoms with Gasteiger partial charge in [0.15, 0.2) is 11.6 Å². The van der Waals surface area contributed by atoms with E-state index in [9.17, 15) is 9.59 Å². The highest BCUT2D eigenvalue weighted by Gasteiger charge is 2.18. The largest absolute Gasteiger partial charge is 0.497 e. The molecule has 0 saturated heterocycles. The van der Waals surface area contributed by atoms with E-state index in [0.29, 0.717) is 22.6 Å². The number of methoxy groups -OCH3 is 1. The number of furan rings is 1. The highest BCUT2D eigenvalue weighted by molar-refractivity contribution is 6.07. The molecule has 2 heterocycles. The van der Waals surface area contributed by atoms with Crippen molar-refractivity contribution < 1.29 is 18.7 Å². The Balaban J connectivity index is 1.67. The first kappa shape index (κ1) is 18.4. The molecule has 4 rings (SSSR count). The number of aromatic nitrogens is 2. The molecule has 0 atom stereocenters. The predicted molar refractivity (Wildman–Crippen MR) is 109 cm³/mol. The summed E-state index contributed by atoms with van der Waals surface area (Å²) in [6, 6.07) is 17.7. The zero-order chi connectivity index (χ0) is 20.2. The van der Waals surface area contributed by atoms with E-state index in [4.69, 9.17) is 9.15 Å². The lowest BCUT2D eigenvalue weighted by Crippen LogP contribution is -2.15. The number of benzene rings is 2. The Kier molecular flexibility index (Phi) is 5.07. The molecule has 4 aromatic rings. The smallest absolute Gasteiger partial charge is 0.221 e. The molecule has 0 N–H and O–H groups in total. The quantitative estimate of drug-likeness (QED) is 0.347. The molecular weight excluding hydrogens is 368 g/mol. The maximum absolute atomic E-state index is 12.8. The fourth-order valence-electron chi connectivity index (χ4n) is 3.05. The van der Waals surface area contributed by atoms with Crippen molar-refractivity contribution in [2.24, 2.45) is 0 Å². The summed E-state index contributed by atoms with van der Waals surface area (Å²) in [5.74, 6) is 1.01. The highest BCUT2D eigenvalue weighted by atomic mass is 16.5. The van der Waals surface area contributed by atoms with Crippen LogP contribution in [0.25, 0.3) is 17.1 Å². The normalized spacial score (nSPS) is 11.2. The maximum atomic E-state index is 12.8. The van der Waals surface area contributed by atoms with E-state index in [1.165, 1.54) is 12.3 Å². The van der Waals surface area contributed by atoms with Gasteiger partial charge in [-0.05, 0) is 60.7 Å². The minimum absolute atomic E-state index is 0.00249. The Morgan fingerprint density at radius 1 is 1.07 bits per heavy atom. The summed E-state index contributed by atoms with van der Waals surface area (Å²) in [4.78, 5) is 30.1. The van der Waals surface area contributed by atoms with Crippen molar-refractivity contribution in [1.82, 2.24) is 9.55 Å². The molecule has 0 radical (unpaired) electrons. The SMILES string of the molecule is COc1ccc(C(=O)Cn2c(C(=O)/C=C/c3ccco3)nc3ccccc32)cc1. The molecule has 6 nitrogen and oxygen atoms in total. The maximum Gasteiger partial charge on any atom is 0.221 e. The van der Waals surface area contributed by atoms with Crippen molar-refractivity contribution >= 4 is 28.7 Å². The van der Waals surface area contributed by atoms with Crippen LogP contribution in [0.2, 0.25) is 0 Å². The van der Waals surface area contributed by atoms with E-state index in [1.807, 2.05) is 24.3 Å². The van der Waals surface area contributed by atoms with Gasteiger partial charge in [-0.2, -0.15) is 0 Å². The van der Waals surface area contributed by atoms with Gasteiger partial charge in [-0.3, -0.25) is 9.59 Å². The Labute approximate surface area is 167 Å². The van der Waals surface area contributed by atoms with Crippen LogP contribution >= 0.6 is 0 Å². The zero-order valence-electron chi connectivity index (χ0n) is 15.7. The van der Waals surface area contributed by atoms with Gasteiger partial charge in [0.1, 0.15) is 11.5 Å². The first-order chi connectivity index (χ1) is 14.2. The summed E-state index contributed by atoms with van der Waals surface area (Å²) < 4.78 is 12.0. The van der Waals surface area contributed by atoms with E-state index < -0.39 is 0 Å². The van der Waals surface area contributed by atoms with Crippen molar-refractivity contribution in [3.05, 3.63) is 90.2 Å². The minimum Gasteiger partial charge on any atom is -0.497 e. The van der Waals surface area contributed by atoms with E-state index in [0.717, 1.165) is 5.52 Å². The summed E-state index contributed by atoms with van der Waals surface area (Å²) in [6.45, 7) is 0.00249. The highest BCUT2D eigenvalue weighted by Crippen LogP contribution is 2.19. The van der Waals surface area contributed by atoms with Crippen molar-refractivity contribution in [2.75, 3.05) is 7.11 Å². The van der Waals surface area contributed by atoms with Crippen LogP contribution in [0.1, 0.15) is 26.7 Å². The van der Waals surface area contributed by atoms with Gasteiger partial charge in [-0.25, -0.2) is 4.98 Å². The summed E-state index contributed by atoms with van der Waals surface area (Å²) in [5, 5.41) is 0. The number of allylic oxidation sites excluding steroid dienone is 1. The molecule has 0 aliphatic heterocycles. The number of imidazole rings is 1. The Morgan fingerprint density at radius 3 is 2.59 bits per heavy atom. The number of rotatable bonds is 7. The monoisotopic (exact) mass is 386 g/mol. The Morgan fingerprint density at radius 2 is 1.86 bits per heavy atom. The standard InChI is InChI=1S/C23H18N2O4/c1-28-17-10-8-16(9-11-17)22(27)15-25-20-7-3-2-6-19(20)24-23(25)21(26)13-12-18-5-4-14-29-18/h2-14H,15H2,1H3/b13-12+. The number of fused-ring (bicyclic) bond motifs is 1. The number of ketones is 2. The molecule has 0 unspecified atom stereocenters. The Bertz CT molecular complexity index is 1190. The van der Waals surface area contributed by atoms with Crippen molar-refractivity contribution in [2.45, 2.75) is 6.54 Å². The third-order valence-corrected chi connectivity index (χ3v) is 4.53. The van der Waals surface area contributed by atoms with Crippen LogP contribution in [0.5, 0.6) is 5.75 Å². The second-order valence-corrected chi connectivity index (χ2v) is 6.37. The van der Waals surface area contributed by atoms with Crippen LogP contribution in [0.3, 0.4) is 0 Å². The number of nitrogens with zero attached hydrogens (tertiary/aromatic N) is 2. The van der Waals surface area contributed by atoms with Crippen LogP contribution in [0, 0.1) is 0 Å². The van der Waals surface area contributed by atoms with Crippen LogP contribution in [-0.4, -0.2) is 28.2 Å². The molecule has 0 saturated carbocycles. The molecule has 144 valence electrons. The molecule has 2 aromatic heterocycles. The van der Waals surface area contributed by atoms with E-state index >= 15 is 0 Å². The van der Waals surface area contributed by atoms with Gasteiger partial charge in [-0.1, -0.05) is 12.1 Å². The molecule has 0 fully saturated rings. The van der Waals surface area contributed by atoms with Gasteiger partial charge in [-0.15, -0.1) is 0 Å². The van der Waals surface area contributed by atoms with Crippen LogP contribution < -0.4 is 4.74 Å². The molecule has 0 aliphatic carbocycles. The third-order valence-electron chi connectivity index (χ3n) is 4.53. The van der Waals surface area contributed by atoms with Crippen molar-refractivity contribution in [1.29, 1.82) is 0 Å². The minimum atomic E-state index is -0.305. The molecular formula is C23H18N2O4. The average molecular weight is 386 g/mol. The molecule has 2 aromatic carbocycles. The van der Waals surface area contributed by atoms with Gasteiger partial charge < -0.3 is 13.7 Å². The summed E-state index contributed by atoms with van der Waals surface area (Å²) >= 11 is 0. The van der Waals surface area contributed by atoms with Crippen LogP contribution in [0.15, 0.2) is 77.4 Å². The van der Waals surface area contributed by atoms with E-state index in [-0.39, 0.29) is 23.9 Å². The van der Waals surface area contributed by atoms with Crippen LogP contribution in [-0.2, 0) is 6.54 Å². The summed E-state index contributed by atoms with van der Waals surface area (Å²) in [5.41, 5.74) is 1.92. The number of para-hydroxylation sites is 2. The number of hydrogen-bond donors (Lipinski definition) is 0. The summed E-state index contributed by atoms with van der Waals surface area (Å²) in [6.07, 6.45) is 4.51. The van der Waals surface area contributed by atoms with Crippen molar-refractivity contribution in [3.8, 4) is 5.75 Å². The number of carbonyl (C=O) groups is 2. The summed E-state index contributed by atoms with van der Waals surface area (Å²) in [7, 11) is 1.57. The third kappa shape index (κ3) is 3.87. The van der Waals surface area contributed by atoms with Gasteiger partial charge in [0.05, 0.1) is 31.0 Å². The van der Waals surface area contributed by atoms with Crippen molar-refractivity contribution in [3.63, 3.8) is 0 Å². The number of hydrogen-bond acceptors (Lipinski definition) is 5. The lowest BCUT2D eigenvalue weighted by Gasteiger charge is -2.08. The lowest BCUT2D eigenvalue weighted by molar-refractivity contribution is 0.0969.